The molecule has 0 saturated carbocycles. The summed E-state index contributed by atoms with van der Waals surface area (Å²) in [5.41, 5.74) is 1.49. The number of halogens is 4. The van der Waals surface area contributed by atoms with Crippen LogP contribution in [0.15, 0.2) is 47.5 Å². The predicted molar refractivity (Wildman–Crippen MR) is 139 cm³/mol. The van der Waals surface area contributed by atoms with Gasteiger partial charge in [0, 0.05) is 17.5 Å². The van der Waals surface area contributed by atoms with Gasteiger partial charge in [0.1, 0.15) is 17.3 Å². The fraction of sp³-hybridized carbons (Fsp3) is 0.233. The summed E-state index contributed by atoms with van der Waals surface area (Å²) in [6, 6.07) is 9.69. The van der Waals surface area contributed by atoms with Crippen LogP contribution in [-0.2, 0) is 0 Å². The van der Waals surface area contributed by atoms with E-state index in [4.69, 9.17) is 0 Å². The van der Waals surface area contributed by atoms with E-state index in [1.54, 1.807) is 6.07 Å². The van der Waals surface area contributed by atoms with Crippen LogP contribution >= 0.6 is 12.2 Å². The first-order chi connectivity index (χ1) is 17.3. The van der Waals surface area contributed by atoms with E-state index < -0.39 is 34.5 Å². The molecule has 182 valence electrons. The molecule has 0 aliphatic rings. The Morgan fingerprint density at radius 2 is 1.47 bits per heavy atom. The maximum atomic E-state index is 14.8. The van der Waals surface area contributed by atoms with Crippen LogP contribution in [0.3, 0.4) is 0 Å². The van der Waals surface area contributed by atoms with Crippen molar-refractivity contribution in [1.82, 2.24) is 0 Å². The smallest absolute Gasteiger partial charge is 0.153 e. The number of aryl methyl sites for hydroxylation is 1. The van der Waals surface area contributed by atoms with E-state index in [1.165, 1.54) is 31.4 Å². The minimum Gasteiger partial charge on any atom is -0.205 e. The maximum Gasteiger partial charge on any atom is 0.153 e. The molecule has 6 heteroatoms. The monoisotopic (exact) mass is 505 g/mol. The van der Waals surface area contributed by atoms with Gasteiger partial charge in [-0.1, -0.05) is 55.9 Å². The van der Waals surface area contributed by atoms with E-state index in [0.29, 0.717) is 11.1 Å². The Bertz CT molecular complexity index is 1400. The molecule has 3 aromatic carbocycles. The Labute approximate surface area is 214 Å². The second kappa shape index (κ2) is 12.8. The number of hydrogen-bond acceptors (Lipinski definition) is 2. The molecule has 0 aromatic heterocycles. The van der Waals surface area contributed by atoms with Crippen molar-refractivity contribution in [2.24, 2.45) is 4.99 Å². The molecule has 0 atom stereocenters. The summed E-state index contributed by atoms with van der Waals surface area (Å²) in [7, 11) is 0. The highest BCUT2D eigenvalue weighted by Gasteiger charge is 2.13. The van der Waals surface area contributed by atoms with E-state index >= 15 is 0 Å². The first kappa shape index (κ1) is 26.9. The van der Waals surface area contributed by atoms with Gasteiger partial charge >= 0.3 is 0 Å². The number of unbranched alkanes of at least 4 members (excludes halogenated alkanes) is 4. The molecule has 0 saturated heterocycles. The molecule has 0 unspecified atom stereocenters. The average Bonchev–Trinajstić information content (AvgIpc) is 2.83. The van der Waals surface area contributed by atoms with Crippen LogP contribution < -0.4 is 0 Å². The number of hydrogen-bond donors (Lipinski definition) is 0. The number of benzene rings is 3. The summed E-state index contributed by atoms with van der Waals surface area (Å²) < 4.78 is 57.5. The van der Waals surface area contributed by atoms with Crippen molar-refractivity contribution in [2.75, 3.05) is 0 Å². The standard InChI is InChI=1S/C30H23F4NS/c1-3-4-5-6-7-8-9-21-10-12-24(20(2)14-21)23-17-26(31)25(27(32)18-23)13-11-22-15-28(33)30(35-19-36)29(34)16-22/h10,12,14-18H,3-7H2,1-2H3. The minimum atomic E-state index is -1.01. The summed E-state index contributed by atoms with van der Waals surface area (Å²) in [6.07, 6.45) is 5.47. The van der Waals surface area contributed by atoms with Gasteiger partial charge in [0.05, 0.1) is 10.7 Å². The van der Waals surface area contributed by atoms with Gasteiger partial charge in [-0.15, -0.1) is 0 Å². The molecule has 0 heterocycles. The van der Waals surface area contributed by atoms with Gasteiger partial charge in [-0.3, -0.25) is 0 Å². The molecule has 0 aliphatic carbocycles. The molecule has 0 bridgehead atoms. The zero-order valence-corrected chi connectivity index (χ0v) is 20.8. The lowest BCUT2D eigenvalue weighted by Gasteiger charge is -2.09. The van der Waals surface area contributed by atoms with Gasteiger partial charge in [-0.2, -0.15) is 4.99 Å². The summed E-state index contributed by atoms with van der Waals surface area (Å²) in [5, 5.41) is 1.89. The van der Waals surface area contributed by atoms with Gasteiger partial charge in [0.15, 0.2) is 11.6 Å². The van der Waals surface area contributed by atoms with Crippen molar-refractivity contribution in [3.8, 4) is 34.8 Å². The van der Waals surface area contributed by atoms with Crippen molar-refractivity contribution >= 4 is 23.1 Å². The van der Waals surface area contributed by atoms with Crippen molar-refractivity contribution in [3.63, 3.8) is 0 Å². The topological polar surface area (TPSA) is 12.4 Å². The molecule has 0 N–H and O–H groups in total. The molecule has 0 aliphatic heterocycles. The largest absolute Gasteiger partial charge is 0.205 e. The van der Waals surface area contributed by atoms with Crippen LogP contribution in [-0.4, -0.2) is 5.16 Å². The highest BCUT2D eigenvalue weighted by Crippen LogP contribution is 2.28. The van der Waals surface area contributed by atoms with E-state index in [9.17, 15) is 17.6 Å². The Kier molecular flexibility index (Phi) is 9.60. The highest BCUT2D eigenvalue weighted by molar-refractivity contribution is 7.78. The molecule has 0 radical (unpaired) electrons. The number of isothiocyanates is 1. The van der Waals surface area contributed by atoms with Gasteiger partial charge in [0.2, 0.25) is 0 Å². The number of rotatable bonds is 6. The zero-order chi connectivity index (χ0) is 26.1. The minimum absolute atomic E-state index is 0.103. The molecular formula is C30H23F4NS. The summed E-state index contributed by atoms with van der Waals surface area (Å²) in [5.74, 6) is 7.26. The summed E-state index contributed by atoms with van der Waals surface area (Å²) in [4.78, 5) is 3.31. The third kappa shape index (κ3) is 6.92. The first-order valence-electron chi connectivity index (χ1n) is 11.5. The van der Waals surface area contributed by atoms with Crippen molar-refractivity contribution < 1.29 is 17.6 Å². The SMILES string of the molecule is CCCCCCC#Cc1ccc(-c2cc(F)c(C#Cc3cc(F)c(N=C=S)c(F)c3)c(F)c2)c(C)c1. The molecule has 3 rings (SSSR count). The van der Waals surface area contributed by atoms with Crippen molar-refractivity contribution in [2.45, 2.75) is 46.0 Å². The van der Waals surface area contributed by atoms with Crippen LogP contribution in [0.1, 0.15) is 61.3 Å². The van der Waals surface area contributed by atoms with E-state index in [-0.39, 0.29) is 5.56 Å². The van der Waals surface area contributed by atoms with E-state index in [0.717, 1.165) is 36.1 Å². The Morgan fingerprint density at radius 3 is 2.08 bits per heavy atom. The molecule has 36 heavy (non-hydrogen) atoms. The maximum absolute atomic E-state index is 14.8. The van der Waals surface area contributed by atoms with Crippen LogP contribution in [0.25, 0.3) is 11.1 Å². The molecule has 0 fully saturated rings. The normalized spacial score (nSPS) is 10.1. The molecule has 0 spiro atoms. The second-order valence-electron chi connectivity index (χ2n) is 8.20. The number of thiocarbonyl (C=S) groups is 1. The van der Waals surface area contributed by atoms with E-state index in [1.807, 2.05) is 24.2 Å². The summed E-state index contributed by atoms with van der Waals surface area (Å²) >= 11 is 4.36. The average molecular weight is 506 g/mol. The number of nitrogens with zero attached hydrogens (tertiary/aromatic N) is 1. The highest BCUT2D eigenvalue weighted by atomic mass is 32.1. The second-order valence-corrected chi connectivity index (χ2v) is 8.38. The third-order valence-electron chi connectivity index (χ3n) is 5.47. The van der Waals surface area contributed by atoms with E-state index in [2.05, 4.69) is 47.8 Å². The van der Waals surface area contributed by atoms with Crippen LogP contribution in [0.5, 0.6) is 0 Å². The van der Waals surface area contributed by atoms with Crippen LogP contribution in [0.4, 0.5) is 23.2 Å². The Hall–Kier alpha value is -3.70. The van der Waals surface area contributed by atoms with Gasteiger partial charge in [0.25, 0.3) is 0 Å². The Balaban J connectivity index is 1.83. The fourth-order valence-electron chi connectivity index (χ4n) is 3.64. The molecular weight excluding hydrogens is 482 g/mol. The van der Waals surface area contributed by atoms with Crippen molar-refractivity contribution in [3.05, 3.63) is 88.0 Å². The predicted octanol–water partition coefficient (Wildman–Crippen LogP) is 8.67. The lowest BCUT2D eigenvalue weighted by Crippen LogP contribution is -1.94. The lowest BCUT2D eigenvalue weighted by molar-refractivity contribution is 0.578. The van der Waals surface area contributed by atoms with Crippen molar-refractivity contribution in [1.29, 1.82) is 0 Å². The van der Waals surface area contributed by atoms with Gasteiger partial charge in [-0.25, -0.2) is 17.6 Å². The lowest BCUT2D eigenvalue weighted by atomic mass is 9.97. The zero-order valence-electron chi connectivity index (χ0n) is 19.9. The van der Waals surface area contributed by atoms with Crippen LogP contribution in [0.2, 0.25) is 0 Å². The molecule has 0 amide bonds. The number of aliphatic imine (C=N–C) groups is 1. The first-order valence-corrected chi connectivity index (χ1v) is 11.9. The van der Waals surface area contributed by atoms with Gasteiger partial charge < -0.3 is 0 Å². The Morgan fingerprint density at radius 1 is 0.778 bits per heavy atom. The quantitative estimate of drug-likeness (QED) is 0.107. The van der Waals surface area contributed by atoms with Gasteiger partial charge in [-0.05, 0) is 78.7 Å². The molecule has 3 aromatic rings. The fourth-order valence-corrected chi connectivity index (χ4v) is 3.73. The molecule has 1 nitrogen and oxygen atoms in total. The van der Waals surface area contributed by atoms with Crippen LogP contribution in [0, 0.1) is 53.9 Å². The summed E-state index contributed by atoms with van der Waals surface area (Å²) in [6.45, 7) is 4.02. The third-order valence-corrected chi connectivity index (χ3v) is 5.57.